The van der Waals surface area contributed by atoms with Gasteiger partial charge in [0, 0.05) is 12.2 Å². The highest BCUT2D eigenvalue weighted by Gasteiger charge is 2.11. The van der Waals surface area contributed by atoms with Gasteiger partial charge >= 0.3 is 0 Å². The van der Waals surface area contributed by atoms with E-state index in [0.717, 1.165) is 31.8 Å². The van der Waals surface area contributed by atoms with Gasteiger partial charge in [-0.15, -0.1) is 6.58 Å². The van der Waals surface area contributed by atoms with Crippen molar-refractivity contribution in [3.63, 3.8) is 0 Å². The van der Waals surface area contributed by atoms with Gasteiger partial charge in [-0.3, -0.25) is 0 Å². The van der Waals surface area contributed by atoms with E-state index in [0.29, 0.717) is 6.61 Å². The molecule has 0 saturated carbocycles. The summed E-state index contributed by atoms with van der Waals surface area (Å²) in [6, 6.07) is 4.25. The normalized spacial score (nSPS) is 13.4. The molecule has 2 rings (SSSR count). The predicted molar refractivity (Wildman–Crippen MR) is 70.4 cm³/mol. The number of ether oxygens (including phenoxy) is 1. The van der Waals surface area contributed by atoms with Crippen molar-refractivity contribution in [1.29, 1.82) is 0 Å². The van der Waals surface area contributed by atoms with Crippen LogP contribution in [0.2, 0.25) is 0 Å². The van der Waals surface area contributed by atoms with Gasteiger partial charge < -0.3 is 10.1 Å². The van der Waals surface area contributed by atoms with Gasteiger partial charge in [-0.05, 0) is 37.3 Å². The average molecular weight is 232 g/mol. The highest BCUT2D eigenvalue weighted by Crippen LogP contribution is 2.21. The summed E-state index contributed by atoms with van der Waals surface area (Å²) in [5.41, 5.74) is 2.68. The average Bonchev–Trinajstić information content (AvgIpc) is 2.81. The molecule has 1 aromatic rings. The van der Waals surface area contributed by atoms with Gasteiger partial charge in [0.15, 0.2) is 0 Å². The van der Waals surface area contributed by atoms with Crippen molar-refractivity contribution >= 4 is 5.82 Å². The maximum absolute atomic E-state index is 5.43. The van der Waals surface area contributed by atoms with Crippen molar-refractivity contribution in [3.8, 4) is 0 Å². The Hall–Kier alpha value is -1.35. The lowest BCUT2D eigenvalue weighted by molar-refractivity contribution is 0.149. The highest BCUT2D eigenvalue weighted by atomic mass is 16.5. The molecular weight excluding hydrogens is 212 g/mol. The van der Waals surface area contributed by atoms with Crippen molar-refractivity contribution in [2.24, 2.45) is 0 Å². The summed E-state index contributed by atoms with van der Waals surface area (Å²) in [5, 5.41) is 3.29. The largest absolute Gasteiger partial charge is 0.379 e. The number of hydrogen-bond acceptors (Lipinski definition) is 3. The van der Waals surface area contributed by atoms with Gasteiger partial charge in [-0.1, -0.05) is 12.1 Å². The maximum atomic E-state index is 5.43. The molecule has 17 heavy (non-hydrogen) atoms. The number of aromatic nitrogens is 1. The zero-order valence-electron chi connectivity index (χ0n) is 10.2. The van der Waals surface area contributed by atoms with Crippen LogP contribution in [0.1, 0.15) is 24.1 Å². The summed E-state index contributed by atoms with van der Waals surface area (Å²) in [6.45, 7) is 5.93. The van der Waals surface area contributed by atoms with Gasteiger partial charge in [0.2, 0.25) is 0 Å². The molecule has 1 heterocycles. The third kappa shape index (κ3) is 3.56. The number of hydrogen-bond donors (Lipinski definition) is 1. The fraction of sp³-hybridized carbons (Fsp3) is 0.500. The number of rotatable bonds is 7. The molecule has 0 aliphatic heterocycles. The third-order valence-electron chi connectivity index (χ3n) is 2.95. The molecule has 1 N–H and O–H groups in total. The van der Waals surface area contributed by atoms with Crippen LogP contribution in [0.5, 0.6) is 0 Å². The van der Waals surface area contributed by atoms with Crippen LogP contribution < -0.4 is 5.32 Å². The number of aryl methyl sites for hydroxylation is 2. The lowest BCUT2D eigenvalue weighted by Crippen LogP contribution is -2.11. The second-order valence-electron chi connectivity index (χ2n) is 4.27. The van der Waals surface area contributed by atoms with E-state index in [1.807, 2.05) is 6.08 Å². The minimum atomic E-state index is 0.715. The maximum Gasteiger partial charge on any atom is 0.126 e. The number of fused-ring (bicyclic) bond motifs is 1. The zero-order valence-corrected chi connectivity index (χ0v) is 10.2. The predicted octanol–water partition coefficient (Wildman–Crippen LogP) is 2.57. The minimum Gasteiger partial charge on any atom is -0.379 e. The molecule has 1 aliphatic rings. The molecule has 0 unspecified atom stereocenters. The summed E-state index contributed by atoms with van der Waals surface area (Å²) >= 11 is 0. The molecule has 0 bridgehead atoms. The Bertz CT molecular complexity index is 376. The van der Waals surface area contributed by atoms with E-state index in [1.165, 1.54) is 24.1 Å². The van der Waals surface area contributed by atoms with Crippen molar-refractivity contribution < 1.29 is 4.74 Å². The third-order valence-corrected chi connectivity index (χ3v) is 2.95. The van der Waals surface area contributed by atoms with E-state index in [9.17, 15) is 0 Å². The lowest BCUT2D eigenvalue weighted by atomic mass is 10.2. The fourth-order valence-electron chi connectivity index (χ4n) is 2.04. The number of nitrogens with zero attached hydrogens (tertiary/aromatic N) is 1. The van der Waals surface area contributed by atoms with Gasteiger partial charge in [0.25, 0.3) is 0 Å². The van der Waals surface area contributed by atoms with E-state index in [2.05, 4.69) is 29.0 Å². The van der Waals surface area contributed by atoms with Crippen LogP contribution >= 0.6 is 0 Å². The van der Waals surface area contributed by atoms with Gasteiger partial charge in [-0.25, -0.2) is 4.98 Å². The van der Waals surface area contributed by atoms with Crippen LogP contribution in [0.4, 0.5) is 5.82 Å². The Labute approximate surface area is 103 Å². The molecule has 0 fully saturated rings. The summed E-state index contributed by atoms with van der Waals surface area (Å²) in [6.07, 6.45) is 6.34. The standard InChI is InChI=1S/C14H20N2O/c1-2-3-10-17-11-9-15-14-8-7-12-5-4-6-13(12)16-14/h2,7-8H,1,3-6,9-11H2,(H,15,16). The Morgan fingerprint density at radius 3 is 3.18 bits per heavy atom. The molecule has 1 aromatic heterocycles. The highest BCUT2D eigenvalue weighted by molar-refractivity contribution is 5.40. The van der Waals surface area contributed by atoms with E-state index in [-0.39, 0.29) is 0 Å². The molecule has 3 nitrogen and oxygen atoms in total. The van der Waals surface area contributed by atoms with Gasteiger partial charge in [0.05, 0.1) is 13.2 Å². The van der Waals surface area contributed by atoms with Crippen molar-refractivity contribution in [2.45, 2.75) is 25.7 Å². The molecule has 0 amide bonds. The van der Waals surface area contributed by atoms with Gasteiger partial charge in [-0.2, -0.15) is 0 Å². The smallest absolute Gasteiger partial charge is 0.126 e. The molecule has 0 spiro atoms. The van der Waals surface area contributed by atoms with Crippen molar-refractivity contribution in [2.75, 3.05) is 25.1 Å². The Kier molecular flexibility index (Phi) is 4.56. The van der Waals surface area contributed by atoms with Crippen LogP contribution in [0.25, 0.3) is 0 Å². The van der Waals surface area contributed by atoms with Gasteiger partial charge in [0.1, 0.15) is 5.82 Å². The fourth-order valence-corrected chi connectivity index (χ4v) is 2.04. The molecule has 0 atom stereocenters. The van der Waals surface area contributed by atoms with Crippen LogP contribution in [0, 0.1) is 0 Å². The van der Waals surface area contributed by atoms with E-state index in [4.69, 9.17) is 4.74 Å². The molecule has 0 aromatic carbocycles. The summed E-state index contributed by atoms with van der Waals surface area (Å²) < 4.78 is 5.43. The first-order valence-corrected chi connectivity index (χ1v) is 6.31. The van der Waals surface area contributed by atoms with Crippen molar-refractivity contribution in [3.05, 3.63) is 36.0 Å². The first-order valence-electron chi connectivity index (χ1n) is 6.31. The van der Waals surface area contributed by atoms with Crippen LogP contribution in [0.3, 0.4) is 0 Å². The SMILES string of the molecule is C=CCCOCCNc1ccc2c(n1)CCC2. The number of pyridine rings is 1. The molecule has 92 valence electrons. The summed E-state index contributed by atoms with van der Waals surface area (Å²) in [5.74, 6) is 0.970. The van der Waals surface area contributed by atoms with E-state index in [1.54, 1.807) is 0 Å². The van der Waals surface area contributed by atoms with Crippen LogP contribution in [0.15, 0.2) is 24.8 Å². The second kappa shape index (κ2) is 6.40. The summed E-state index contributed by atoms with van der Waals surface area (Å²) in [4.78, 5) is 4.60. The van der Waals surface area contributed by atoms with E-state index < -0.39 is 0 Å². The molecule has 1 aliphatic carbocycles. The quantitative estimate of drug-likeness (QED) is 0.579. The minimum absolute atomic E-state index is 0.715. The number of nitrogens with one attached hydrogen (secondary N) is 1. The summed E-state index contributed by atoms with van der Waals surface area (Å²) in [7, 11) is 0. The first kappa shape index (κ1) is 12.1. The van der Waals surface area contributed by atoms with E-state index >= 15 is 0 Å². The zero-order chi connectivity index (χ0) is 11.9. The molecule has 0 saturated heterocycles. The Balaban J connectivity index is 1.70. The molecular formula is C14H20N2O. The Morgan fingerprint density at radius 2 is 2.29 bits per heavy atom. The van der Waals surface area contributed by atoms with Crippen LogP contribution in [-0.4, -0.2) is 24.7 Å². The number of anilines is 1. The monoisotopic (exact) mass is 232 g/mol. The Morgan fingerprint density at radius 1 is 1.35 bits per heavy atom. The van der Waals surface area contributed by atoms with Crippen molar-refractivity contribution in [1.82, 2.24) is 4.98 Å². The molecule has 0 radical (unpaired) electrons. The second-order valence-corrected chi connectivity index (χ2v) is 4.27. The first-order chi connectivity index (χ1) is 8.40. The molecule has 3 heteroatoms. The lowest BCUT2D eigenvalue weighted by Gasteiger charge is -2.07. The van der Waals surface area contributed by atoms with Crippen LogP contribution in [-0.2, 0) is 17.6 Å². The topological polar surface area (TPSA) is 34.1 Å².